The third kappa shape index (κ3) is 5.36. The Kier molecular flexibility index (Phi) is 6.12. The van der Waals surface area contributed by atoms with Crippen LogP contribution in [0.15, 0.2) is 66.9 Å². The Balaban J connectivity index is 1.54. The van der Waals surface area contributed by atoms with Gasteiger partial charge in [0, 0.05) is 5.02 Å². The molecule has 0 fully saturated rings. The van der Waals surface area contributed by atoms with Crippen LogP contribution in [-0.4, -0.2) is 24.6 Å². The highest BCUT2D eigenvalue weighted by molar-refractivity contribution is 6.30. The van der Waals surface area contributed by atoms with Crippen molar-refractivity contribution < 1.29 is 14.3 Å². The van der Waals surface area contributed by atoms with E-state index in [0.29, 0.717) is 22.3 Å². The fourth-order valence-electron chi connectivity index (χ4n) is 2.30. The van der Waals surface area contributed by atoms with Crippen molar-refractivity contribution in [3.05, 3.63) is 71.9 Å². The quantitative estimate of drug-likeness (QED) is 0.628. The van der Waals surface area contributed by atoms with Gasteiger partial charge in [-0.1, -0.05) is 23.7 Å². The molecule has 0 bridgehead atoms. The second-order valence-electron chi connectivity index (χ2n) is 5.55. The number of amides is 1. The molecule has 3 aromatic rings. The molecule has 1 aromatic heterocycles. The van der Waals surface area contributed by atoms with Gasteiger partial charge < -0.3 is 20.1 Å². The fraction of sp³-hybridized carbons (Fsp3) is 0.100. The molecule has 0 saturated carbocycles. The van der Waals surface area contributed by atoms with Crippen LogP contribution in [0.4, 0.5) is 17.2 Å². The van der Waals surface area contributed by atoms with Gasteiger partial charge in [0.1, 0.15) is 17.3 Å². The van der Waals surface area contributed by atoms with Gasteiger partial charge in [0.15, 0.2) is 6.61 Å². The highest BCUT2D eigenvalue weighted by Gasteiger charge is 2.06. The molecule has 1 heterocycles. The van der Waals surface area contributed by atoms with Crippen LogP contribution in [0, 0.1) is 0 Å². The zero-order chi connectivity index (χ0) is 19.1. The summed E-state index contributed by atoms with van der Waals surface area (Å²) in [6, 6.07) is 17.9. The normalized spacial score (nSPS) is 10.1. The molecule has 0 spiro atoms. The van der Waals surface area contributed by atoms with E-state index in [1.807, 2.05) is 24.3 Å². The van der Waals surface area contributed by atoms with Crippen molar-refractivity contribution in [2.75, 3.05) is 24.4 Å². The highest BCUT2D eigenvalue weighted by atomic mass is 35.5. The molecule has 6 nitrogen and oxygen atoms in total. The van der Waals surface area contributed by atoms with E-state index < -0.39 is 0 Å². The second-order valence-corrected chi connectivity index (χ2v) is 5.98. The first-order valence-corrected chi connectivity index (χ1v) is 8.56. The van der Waals surface area contributed by atoms with Crippen molar-refractivity contribution in [1.82, 2.24) is 4.98 Å². The third-order valence-corrected chi connectivity index (χ3v) is 3.85. The van der Waals surface area contributed by atoms with Crippen molar-refractivity contribution >= 4 is 34.7 Å². The van der Waals surface area contributed by atoms with E-state index in [9.17, 15) is 4.79 Å². The Morgan fingerprint density at radius 1 is 1.07 bits per heavy atom. The molecule has 0 aliphatic carbocycles. The Morgan fingerprint density at radius 3 is 2.56 bits per heavy atom. The van der Waals surface area contributed by atoms with Gasteiger partial charge in [-0.25, -0.2) is 4.98 Å². The van der Waals surface area contributed by atoms with Gasteiger partial charge in [0.05, 0.1) is 24.7 Å². The number of carbonyl (C=O) groups is 1. The average molecular weight is 384 g/mol. The summed E-state index contributed by atoms with van der Waals surface area (Å²) in [7, 11) is 1.61. The van der Waals surface area contributed by atoms with E-state index >= 15 is 0 Å². The fourth-order valence-corrected chi connectivity index (χ4v) is 2.43. The summed E-state index contributed by atoms with van der Waals surface area (Å²) in [6.45, 7) is -0.108. The Bertz CT molecular complexity index is 899. The second kappa shape index (κ2) is 8.91. The lowest BCUT2D eigenvalue weighted by Crippen LogP contribution is -2.20. The first-order chi connectivity index (χ1) is 13.1. The lowest BCUT2D eigenvalue weighted by molar-refractivity contribution is -0.118. The van der Waals surface area contributed by atoms with Gasteiger partial charge in [0.25, 0.3) is 5.91 Å². The van der Waals surface area contributed by atoms with Crippen LogP contribution < -0.4 is 20.1 Å². The summed E-state index contributed by atoms with van der Waals surface area (Å²) < 4.78 is 10.7. The standard InChI is InChI=1S/C20H18ClN3O3/c1-26-18-5-3-2-4-17(18)24-19-11-8-15(12-22-19)23-20(25)13-27-16-9-6-14(21)7-10-16/h2-12H,13H2,1H3,(H,22,24)(H,23,25). The highest BCUT2D eigenvalue weighted by Crippen LogP contribution is 2.26. The minimum atomic E-state index is -0.280. The van der Waals surface area contributed by atoms with E-state index in [1.165, 1.54) is 0 Å². The summed E-state index contributed by atoms with van der Waals surface area (Å²) in [5.74, 6) is 1.65. The van der Waals surface area contributed by atoms with Crippen molar-refractivity contribution in [1.29, 1.82) is 0 Å². The third-order valence-electron chi connectivity index (χ3n) is 3.60. The zero-order valence-corrected chi connectivity index (χ0v) is 15.4. The number of nitrogens with zero attached hydrogens (tertiary/aromatic N) is 1. The van der Waals surface area contributed by atoms with Crippen molar-refractivity contribution in [3.8, 4) is 11.5 Å². The zero-order valence-electron chi connectivity index (χ0n) is 14.6. The molecule has 0 radical (unpaired) electrons. The van der Waals surface area contributed by atoms with Crippen molar-refractivity contribution in [2.24, 2.45) is 0 Å². The van der Waals surface area contributed by atoms with Gasteiger partial charge in [-0.15, -0.1) is 0 Å². The number of aromatic nitrogens is 1. The van der Waals surface area contributed by atoms with E-state index in [0.717, 1.165) is 11.4 Å². The predicted molar refractivity (Wildman–Crippen MR) is 106 cm³/mol. The minimum Gasteiger partial charge on any atom is -0.495 e. The SMILES string of the molecule is COc1ccccc1Nc1ccc(NC(=O)COc2ccc(Cl)cc2)cn1. The molecule has 0 unspecified atom stereocenters. The number of methoxy groups -OCH3 is 1. The van der Waals surface area contributed by atoms with E-state index in [2.05, 4.69) is 15.6 Å². The number of nitrogens with one attached hydrogen (secondary N) is 2. The van der Waals surface area contributed by atoms with Crippen LogP contribution >= 0.6 is 11.6 Å². The van der Waals surface area contributed by atoms with Crippen LogP contribution in [0.3, 0.4) is 0 Å². The molecule has 1 amide bonds. The molecule has 2 N–H and O–H groups in total. The number of para-hydroxylation sites is 2. The van der Waals surface area contributed by atoms with Crippen molar-refractivity contribution in [2.45, 2.75) is 0 Å². The molecule has 7 heteroatoms. The Morgan fingerprint density at radius 2 is 1.85 bits per heavy atom. The predicted octanol–water partition coefficient (Wildman–Crippen LogP) is 4.50. The summed E-state index contributed by atoms with van der Waals surface area (Å²) in [5.41, 5.74) is 1.38. The Labute approximate surface area is 162 Å². The minimum absolute atomic E-state index is 0.108. The average Bonchev–Trinajstić information content (AvgIpc) is 2.69. The maximum Gasteiger partial charge on any atom is 0.262 e. The molecule has 27 heavy (non-hydrogen) atoms. The monoisotopic (exact) mass is 383 g/mol. The largest absolute Gasteiger partial charge is 0.495 e. The van der Waals surface area contributed by atoms with Gasteiger partial charge in [0.2, 0.25) is 0 Å². The number of benzene rings is 2. The molecule has 0 aliphatic rings. The van der Waals surface area contributed by atoms with Gasteiger partial charge in [-0.05, 0) is 48.5 Å². The Hall–Kier alpha value is -3.25. The summed E-state index contributed by atoms with van der Waals surface area (Å²) in [6.07, 6.45) is 1.57. The number of rotatable bonds is 7. The number of pyridine rings is 1. The van der Waals surface area contributed by atoms with E-state index in [-0.39, 0.29) is 12.5 Å². The molecule has 0 saturated heterocycles. The maximum absolute atomic E-state index is 12.0. The number of ether oxygens (including phenoxy) is 2. The molecule has 0 aliphatic heterocycles. The molecule has 3 rings (SSSR count). The number of halogens is 1. The van der Waals surface area contributed by atoms with Crippen LogP contribution in [0.5, 0.6) is 11.5 Å². The van der Waals surface area contributed by atoms with E-state index in [4.69, 9.17) is 21.1 Å². The number of anilines is 3. The number of hydrogen-bond donors (Lipinski definition) is 2. The smallest absolute Gasteiger partial charge is 0.262 e. The van der Waals surface area contributed by atoms with Gasteiger partial charge in [-0.2, -0.15) is 0 Å². The number of carbonyl (C=O) groups excluding carboxylic acids is 1. The summed E-state index contributed by atoms with van der Waals surface area (Å²) in [5, 5.41) is 6.51. The lowest BCUT2D eigenvalue weighted by Gasteiger charge is -2.11. The molecule has 2 aromatic carbocycles. The number of hydrogen-bond acceptors (Lipinski definition) is 5. The van der Waals surface area contributed by atoms with Gasteiger partial charge in [-0.3, -0.25) is 4.79 Å². The summed E-state index contributed by atoms with van der Waals surface area (Å²) in [4.78, 5) is 16.3. The molecular weight excluding hydrogens is 366 g/mol. The van der Waals surface area contributed by atoms with Crippen LogP contribution in [-0.2, 0) is 4.79 Å². The summed E-state index contributed by atoms with van der Waals surface area (Å²) >= 11 is 5.81. The molecular formula is C20H18ClN3O3. The molecule has 0 atom stereocenters. The van der Waals surface area contributed by atoms with Crippen LogP contribution in [0.2, 0.25) is 5.02 Å². The first-order valence-electron chi connectivity index (χ1n) is 8.18. The van der Waals surface area contributed by atoms with Crippen molar-refractivity contribution in [3.63, 3.8) is 0 Å². The van der Waals surface area contributed by atoms with E-state index in [1.54, 1.807) is 49.7 Å². The maximum atomic E-state index is 12.0. The molecule has 138 valence electrons. The van der Waals surface area contributed by atoms with Crippen LogP contribution in [0.1, 0.15) is 0 Å². The topological polar surface area (TPSA) is 72.5 Å². The first kappa shape index (κ1) is 18.5. The van der Waals surface area contributed by atoms with Crippen LogP contribution in [0.25, 0.3) is 0 Å². The van der Waals surface area contributed by atoms with Gasteiger partial charge >= 0.3 is 0 Å². The lowest BCUT2D eigenvalue weighted by atomic mass is 10.3.